The van der Waals surface area contributed by atoms with Gasteiger partial charge in [0.2, 0.25) is 0 Å². The molecule has 1 heterocycles. The second-order valence-electron chi connectivity index (χ2n) is 4.25. The first-order chi connectivity index (χ1) is 6.21. The Kier molecular flexibility index (Phi) is 2.43. The van der Waals surface area contributed by atoms with E-state index >= 15 is 0 Å². The Labute approximate surface area is 79.9 Å². The van der Waals surface area contributed by atoms with Crippen molar-refractivity contribution in [2.24, 2.45) is 5.92 Å². The predicted molar refractivity (Wildman–Crippen MR) is 51.4 cm³/mol. The molecule has 0 saturated carbocycles. The number of allylic oxidation sites excluding steroid dienone is 1. The molecule has 0 bridgehead atoms. The third-order valence-electron chi connectivity index (χ3n) is 3.09. The van der Waals surface area contributed by atoms with Crippen LogP contribution in [0.15, 0.2) is 11.6 Å². The Morgan fingerprint density at radius 1 is 1.38 bits per heavy atom. The molecule has 2 heteroatoms. The van der Waals surface area contributed by atoms with Crippen molar-refractivity contribution >= 4 is 0 Å². The number of hydrogen-bond donors (Lipinski definition) is 0. The molecule has 0 unspecified atom stereocenters. The van der Waals surface area contributed by atoms with E-state index < -0.39 is 0 Å². The highest BCUT2D eigenvalue weighted by Gasteiger charge is 2.35. The molecule has 2 nitrogen and oxygen atoms in total. The monoisotopic (exact) mass is 182 g/mol. The quantitative estimate of drug-likeness (QED) is 0.580. The molecule has 1 aliphatic heterocycles. The summed E-state index contributed by atoms with van der Waals surface area (Å²) in [5.41, 5.74) is 1.35. The van der Waals surface area contributed by atoms with Crippen LogP contribution < -0.4 is 0 Å². The summed E-state index contributed by atoms with van der Waals surface area (Å²) in [7, 11) is 0. The van der Waals surface area contributed by atoms with E-state index in [4.69, 9.17) is 9.47 Å². The molecule has 0 aromatic rings. The van der Waals surface area contributed by atoms with Crippen LogP contribution in [0, 0.1) is 5.92 Å². The summed E-state index contributed by atoms with van der Waals surface area (Å²) in [4.78, 5) is 0. The van der Waals surface area contributed by atoms with Gasteiger partial charge in [0.25, 0.3) is 0 Å². The highest BCUT2D eigenvalue weighted by Crippen LogP contribution is 2.35. The fourth-order valence-corrected chi connectivity index (χ4v) is 2.08. The van der Waals surface area contributed by atoms with Crippen molar-refractivity contribution in [3.05, 3.63) is 11.6 Å². The lowest BCUT2D eigenvalue weighted by Gasteiger charge is -2.29. The molecule has 13 heavy (non-hydrogen) atoms. The zero-order valence-corrected chi connectivity index (χ0v) is 8.51. The van der Waals surface area contributed by atoms with Gasteiger partial charge in [-0.2, -0.15) is 0 Å². The van der Waals surface area contributed by atoms with Gasteiger partial charge in [-0.3, -0.25) is 0 Å². The number of rotatable bonds is 1. The zero-order chi connectivity index (χ0) is 9.31. The van der Waals surface area contributed by atoms with Gasteiger partial charge in [0.15, 0.2) is 5.79 Å². The lowest BCUT2D eigenvalue weighted by molar-refractivity contribution is -0.113. The van der Waals surface area contributed by atoms with Gasteiger partial charge in [-0.05, 0) is 37.7 Å². The first-order valence-electron chi connectivity index (χ1n) is 5.18. The van der Waals surface area contributed by atoms with Gasteiger partial charge in [0.05, 0.1) is 13.2 Å². The maximum atomic E-state index is 5.62. The standard InChI is InChI=1S/C11H18O2/c1-9-3-5-10(6-4-9)11(2)12-7-8-13-11/h5,9H,3-4,6-8H2,1-2H3/t9-/m0/s1. The summed E-state index contributed by atoms with van der Waals surface area (Å²) in [6, 6.07) is 0. The molecule has 0 aromatic heterocycles. The van der Waals surface area contributed by atoms with Gasteiger partial charge in [-0.15, -0.1) is 0 Å². The van der Waals surface area contributed by atoms with Crippen LogP contribution in [-0.2, 0) is 9.47 Å². The smallest absolute Gasteiger partial charge is 0.188 e. The molecule has 74 valence electrons. The predicted octanol–water partition coefficient (Wildman–Crippen LogP) is 2.50. The van der Waals surface area contributed by atoms with E-state index in [0.717, 1.165) is 25.6 Å². The van der Waals surface area contributed by atoms with Crippen LogP contribution in [0.5, 0.6) is 0 Å². The van der Waals surface area contributed by atoms with Crippen molar-refractivity contribution in [1.29, 1.82) is 0 Å². The van der Waals surface area contributed by atoms with Gasteiger partial charge in [-0.1, -0.05) is 13.0 Å². The molecule has 0 N–H and O–H groups in total. The minimum absolute atomic E-state index is 0.389. The van der Waals surface area contributed by atoms with Gasteiger partial charge in [0, 0.05) is 0 Å². The summed E-state index contributed by atoms with van der Waals surface area (Å²) in [5.74, 6) is 0.439. The molecule has 1 fully saturated rings. The number of ether oxygens (including phenoxy) is 2. The van der Waals surface area contributed by atoms with E-state index in [0.29, 0.717) is 0 Å². The molecular formula is C11H18O2. The van der Waals surface area contributed by atoms with Crippen molar-refractivity contribution in [1.82, 2.24) is 0 Å². The average Bonchev–Trinajstić information content (AvgIpc) is 2.54. The fourth-order valence-electron chi connectivity index (χ4n) is 2.08. The van der Waals surface area contributed by atoms with Crippen LogP contribution in [0.3, 0.4) is 0 Å². The zero-order valence-electron chi connectivity index (χ0n) is 8.51. The maximum absolute atomic E-state index is 5.62. The van der Waals surface area contributed by atoms with E-state index in [-0.39, 0.29) is 5.79 Å². The van der Waals surface area contributed by atoms with E-state index in [1.807, 2.05) is 6.92 Å². The Morgan fingerprint density at radius 3 is 2.62 bits per heavy atom. The molecule has 1 aliphatic carbocycles. The normalized spacial score (nSPS) is 33.1. The largest absolute Gasteiger partial charge is 0.344 e. The Morgan fingerprint density at radius 2 is 2.08 bits per heavy atom. The van der Waals surface area contributed by atoms with Crippen LogP contribution in [-0.4, -0.2) is 19.0 Å². The lowest BCUT2D eigenvalue weighted by atomic mass is 9.87. The van der Waals surface area contributed by atoms with Crippen molar-refractivity contribution in [3.63, 3.8) is 0 Å². The maximum Gasteiger partial charge on any atom is 0.188 e. The molecule has 0 amide bonds. The Bertz CT molecular complexity index is 214. The van der Waals surface area contributed by atoms with Crippen LogP contribution in [0.2, 0.25) is 0 Å². The topological polar surface area (TPSA) is 18.5 Å². The molecule has 0 spiro atoms. The van der Waals surface area contributed by atoms with Crippen LogP contribution in [0.1, 0.15) is 33.1 Å². The summed E-state index contributed by atoms with van der Waals surface area (Å²) in [6.45, 7) is 5.82. The third kappa shape index (κ3) is 1.79. The van der Waals surface area contributed by atoms with Crippen molar-refractivity contribution in [2.45, 2.75) is 38.9 Å². The van der Waals surface area contributed by atoms with Crippen LogP contribution in [0.4, 0.5) is 0 Å². The first kappa shape index (κ1) is 9.22. The lowest BCUT2D eigenvalue weighted by Crippen LogP contribution is -2.30. The van der Waals surface area contributed by atoms with Gasteiger partial charge >= 0.3 is 0 Å². The van der Waals surface area contributed by atoms with Crippen molar-refractivity contribution in [2.75, 3.05) is 13.2 Å². The van der Waals surface area contributed by atoms with Crippen LogP contribution in [0.25, 0.3) is 0 Å². The summed E-state index contributed by atoms with van der Waals surface area (Å²) < 4.78 is 11.2. The summed E-state index contributed by atoms with van der Waals surface area (Å²) in [6.07, 6.45) is 5.89. The Balaban J connectivity index is 2.07. The number of hydrogen-bond acceptors (Lipinski definition) is 2. The van der Waals surface area contributed by atoms with Gasteiger partial charge in [-0.25, -0.2) is 0 Å². The molecule has 0 aromatic carbocycles. The molecule has 0 radical (unpaired) electrons. The second kappa shape index (κ2) is 3.43. The minimum Gasteiger partial charge on any atom is -0.344 e. The third-order valence-corrected chi connectivity index (χ3v) is 3.09. The first-order valence-corrected chi connectivity index (χ1v) is 5.18. The summed E-state index contributed by atoms with van der Waals surface area (Å²) >= 11 is 0. The van der Waals surface area contributed by atoms with Gasteiger partial charge < -0.3 is 9.47 Å². The van der Waals surface area contributed by atoms with E-state index in [1.54, 1.807) is 0 Å². The van der Waals surface area contributed by atoms with Crippen LogP contribution >= 0.6 is 0 Å². The van der Waals surface area contributed by atoms with E-state index in [2.05, 4.69) is 13.0 Å². The molecule has 2 rings (SSSR count). The molecular weight excluding hydrogens is 164 g/mol. The van der Waals surface area contributed by atoms with E-state index in [1.165, 1.54) is 18.4 Å². The van der Waals surface area contributed by atoms with Gasteiger partial charge in [0.1, 0.15) is 0 Å². The minimum atomic E-state index is -0.389. The van der Waals surface area contributed by atoms with Crippen molar-refractivity contribution in [3.8, 4) is 0 Å². The highest BCUT2D eigenvalue weighted by atomic mass is 16.7. The summed E-state index contributed by atoms with van der Waals surface area (Å²) in [5, 5.41) is 0. The molecule has 1 saturated heterocycles. The molecule has 1 atom stereocenters. The SMILES string of the molecule is C[C@H]1CC=C(C2(C)OCCO2)CC1. The van der Waals surface area contributed by atoms with E-state index in [9.17, 15) is 0 Å². The Hall–Kier alpha value is -0.340. The fraction of sp³-hybridized carbons (Fsp3) is 0.818. The van der Waals surface area contributed by atoms with Crippen molar-refractivity contribution < 1.29 is 9.47 Å². The molecule has 2 aliphatic rings. The second-order valence-corrected chi connectivity index (χ2v) is 4.25. The average molecular weight is 182 g/mol. The highest BCUT2D eigenvalue weighted by molar-refractivity contribution is 5.15.